The van der Waals surface area contributed by atoms with Crippen molar-refractivity contribution in [3.63, 3.8) is 0 Å². The third-order valence-corrected chi connectivity index (χ3v) is 3.68. The molecule has 1 aromatic heterocycles. The van der Waals surface area contributed by atoms with Crippen LogP contribution in [0.2, 0.25) is 0 Å². The van der Waals surface area contributed by atoms with Crippen molar-refractivity contribution in [1.29, 1.82) is 0 Å². The van der Waals surface area contributed by atoms with Gasteiger partial charge in [-0.1, -0.05) is 23.4 Å². The molecule has 116 valence electrons. The van der Waals surface area contributed by atoms with Gasteiger partial charge in [0.15, 0.2) is 0 Å². The third-order valence-electron chi connectivity index (χ3n) is 3.68. The minimum atomic E-state index is -4.50. The van der Waals surface area contributed by atoms with Gasteiger partial charge >= 0.3 is 6.18 Å². The average Bonchev–Trinajstić information content (AvgIpc) is 2.91. The number of hydrogen-bond donors (Lipinski definition) is 1. The van der Waals surface area contributed by atoms with Crippen molar-refractivity contribution in [3.05, 3.63) is 41.7 Å². The molecule has 1 fully saturated rings. The first-order valence-electron chi connectivity index (χ1n) is 6.89. The lowest BCUT2D eigenvalue weighted by molar-refractivity contribution is -0.137. The van der Waals surface area contributed by atoms with E-state index >= 15 is 0 Å². The summed E-state index contributed by atoms with van der Waals surface area (Å²) in [5.41, 5.74) is -0.928. The molecule has 0 bridgehead atoms. The van der Waals surface area contributed by atoms with Crippen LogP contribution in [0.5, 0.6) is 0 Å². The van der Waals surface area contributed by atoms with E-state index in [1.54, 1.807) is 0 Å². The zero-order valence-corrected chi connectivity index (χ0v) is 11.5. The Labute approximate surface area is 124 Å². The van der Waals surface area contributed by atoms with Crippen molar-refractivity contribution >= 4 is 5.91 Å². The Kier molecular flexibility index (Phi) is 3.64. The summed E-state index contributed by atoms with van der Waals surface area (Å²) >= 11 is 0. The monoisotopic (exact) mass is 310 g/mol. The number of nitrogens with one attached hydrogen (secondary N) is 1. The smallest absolute Gasteiger partial charge is 0.350 e. The van der Waals surface area contributed by atoms with E-state index in [9.17, 15) is 18.0 Å². The summed E-state index contributed by atoms with van der Waals surface area (Å²) in [6.07, 6.45) is -1.62. The van der Waals surface area contributed by atoms with Gasteiger partial charge in [0.1, 0.15) is 5.69 Å². The molecule has 0 radical (unpaired) electrons. The molecule has 2 aromatic rings. The topological polar surface area (TPSA) is 55.1 Å². The molecule has 22 heavy (non-hydrogen) atoms. The summed E-state index contributed by atoms with van der Waals surface area (Å²) < 4.78 is 43.8. The van der Waals surface area contributed by atoms with Gasteiger partial charge < -0.3 is 9.84 Å². The van der Waals surface area contributed by atoms with E-state index in [1.807, 2.05) is 0 Å². The Morgan fingerprint density at radius 1 is 1.27 bits per heavy atom. The normalized spacial score (nSPS) is 15.4. The quantitative estimate of drug-likeness (QED) is 0.941. The molecular weight excluding hydrogens is 297 g/mol. The van der Waals surface area contributed by atoms with Gasteiger partial charge in [-0.2, -0.15) is 13.2 Å². The van der Waals surface area contributed by atoms with E-state index in [4.69, 9.17) is 4.52 Å². The second-order valence-electron chi connectivity index (χ2n) is 5.22. The Bertz CT molecular complexity index is 690. The number of rotatable bonds is 3. The highest BCUT2D eigenvalue weighted by Gasteiger charge is 2.34. The summed E-state index contributed by atoms with van der Waals surface area (Å²) in [7, 11) is 0. The number of hydrogen-bond acceptors (Lipinski definition) is 3. The molecule has 0 saturated heterocycles. The van der Waals surface area contributed by atoms with Crippen LogP contribution in [0, 0.1) is 0 Å². The summed E-state index contributed by atoms with van der Waals surface area (Å²) in [4.78, 5) is 11.9. The molecule has 0 atom stereocenters. The third kappa shape index (κ3) is 2.84. The summed E-state index contributed by atoms with van der Waals surface area (Å²) in [6.45, 7) is 0. The highest BCUT2D eigenvalue weighted by molar-refractivity contribution is 5.92. The Balaban J connectivity index is 1.86. The number of halogens is 3. The van der Waals surface area contributed by atoms with Crippen LogP contribution in [-0.4, -0.2) is 17.1 Å². The second-order valence-corrected chi connectivity index (χ2v) is 5.22. The highest BCUT2D eigenvalue weighted by atomic mass is 19.4. The number of aromatic nitrogens is 1. The molecule has 1 aliphatic carbocycles. The van der Waals surface area contributed by atoms with Crippen molar-refractivity contribution in [3.8, 4) is 11.3 Å². The number of benzene rings is 1. The van der Waals surface area contributed by atoms with Crippen molar-refractivity contribution in [2.45, 2.75) is 31.5 Å². The minimum absolute atomic E-state index is 0.00770. The van der Waals surface area contributed by atoms with Gasteiger partial charge in [0.25, 0.3) is 5.91 Å². The summed E-state index contributed by atoms with van der Waals surface area (Å²) in [5.74, 6) is -0.535. The molecule has 1 aromatic carbocycles. The number of amides is 1. The first kappa shape index (κ1) is 14.6. The number of alkyl halides is 3. The predicted molar refractivity (Wildman–Crippen MR) is 72.0 cm³/mol. The molecule has 0 spiro atoms. The Hall–Kier alpha value is -2.31. The van der Waals surface area contributed by atoms with E-state index in [0.29, 0.717) is 0 Å². The van der Waals surface area contributed by atoms with Gasteiger partial charge in [-0.25, -0.2) is 0 Å². The minimum Gasteiger partial charge on any atom is -0.350 e. The molecule has 0 unspecified atom stereocenters. The van der Waals surface area contributed by atoms with Crippen molar-refractivity contribution in [2.24, 2.45) is 0 Å². The lowest BCUT2D eigenvalue weighted by atomic mass is 9.93. The van der Waals surface area contributed by atoms with Gasteiger partial charge in [0, 0.05) is 17.7 Å². The fourth-order valence-electron chi connectivity index (χ4n) is 2.27. The van der Waals surface area contributed by atoms with Gasteiger partial charge in [-0.05, 0) is 25.3 Å². The van der Waals surface area contributed by atoms with Crippen LogP contribution in [0.15, 0.2) is 34.9 Å². The zero-order chi connectivity index (χ0) is 15.7. The lowest BCUT2D eigenvalue weighted by Crippen LogP contribution is -2.39. The van der Waals surface area contributed by atoms with Crippen molar-refractivity contribution in [2.75, 3.05) is 0 Å². The average molecular weight is 310 g/mol. The zero-order valence-electron chi connectivity index (χ0n) is 11.5. The van der Waals surface area contributed by atoms with E-state index in [-0.39, 0.29) is 23.1 Å². The lowest BCUT2D eigenvalue weighted by Gasteiger charge is -2.25. The number of nitrogens with zero attached hydrogens (tertiary/aromatic N) is 1. The molecule has 0 aliphatic heterocycles. The molecular formula is C15H13F3N2O2. The second kappa shape index (κ2) is 5.47. The van der Waals surface area contributed by atoms with Gasteiger partial charge in [0.05, 0.1) is 5.56 Å². The molecule has 3 rings (SSSR count). The number of carbonyl (C=O) groups is 1. The summed E-state index contributed by atoms with van der Waals surface area (Å²) in [5, 5.41) is 6.34. The SMILES string of the molecule is O=C(NC1CCC1)c1cc(-c2ccccc2C(F)(F)F)no1. The molecule has 1 saturated carbocycles. The van der Waals surface area contributed by atoms with E-state index in [0.717, 1.165) is 25.3 Å². The fraction of sp³-hybridized carbons (Fsp3) is 0.333. The first-order chi connectivity index (χ1) is 10.4. The predicted octanol–water partition coefficient (Wildman–Crippen LogP) is 3.64. The van der Waals surface area contributed by atoms with Crippen LogP contribution >= 0.6 is 0 Å². The summed E-state index contributed by atoms with van der Waals surface area (Å²) in [6, 6.07) is 6.40. The van der Waals surface area contributed by atoms with Gasteiger partial charge in [0.2, 0.25) is 5.76 Å². The Morgan fingerprint density at radius 3 is 2.64 bits per heavy atom. The van der Waals surface area contributed by atoms with Crippen LogP contribution in [0.3, 0.4) is 0 Å². The van der Waals surface area contributed by atoms with Crippen LogP contribution in [-0.2, 0) is 6.18 Å². The molecule has 4 nitrogen and oxygen atoms in total. The van der Waals surface area contributed by atoms with Crippen LogP contribution in [0.4, 0.5) is 13.2 Å². The molecule has 1 aliphatic rings. The largest absolute Gasteiger partial charge is 0.417 e. The fourth-order valence-corrected chi connectivity index (χ4v) is 2.27. The maximum Gasteiger partial charge on any atom is 0.417 e. The van der Waals surface area contributed by atoms with Crippen LogP contribution in [0.25, 0.3) is 11.3 Å². The maximum absolute atomic E-state index is 13.0. The number of carbonyl (C=O) groups excluding carboxylic acids is 1. The molecule has 1 N–H and O–H groups in total. The maximum atomic E-state index is 13.0. The van der Waals surface area contributed by atoms with Crippen LogP contribution in [0.1, 0.15) is 35.4 Å². The van der Waals surface area contributed by atoms with E-state index in [2.05, 4.69) is 10.5 Å². The van der Waals surface area contributed by atoms with Gasteiger partial charge in [-0.15, -0.1) is 0 Å². The standard InChI is InChI=1S/C15H13F3N2O2/c16-15(17,18)11-7-2-1-6-10(11)12-8-13(22-20-12)14(21)19-9-4-3-5-9/h1-2,6-9H,3-5H2,(H,19,21). The first-order valence-corrected chi connectivity index (χ1v) is 6.89. The van der Waals surface area contributed by atoms with Crippen molar-refractivity contribution < 1.29 is 22.5 Å². The highest BCUT2D eigenvalue weighted by Crippen LogP contribution is 2.36. The van der Waals surface area contributed by atoms with E-state index in [1.165, 1.54) is 24.3 Å². The van der Waals surface area contributed by atoms with Crippen molar-refractivity contribution in [1.82, 2.24) is 10.5 Å². The Morgan fingerprint density at radius 2 is 2.00 bits per heavy atom. The molecule has 1 heterocycles. The van der Waals surface area contributed by atoms with E-state index < -0.39 is 17.6 Å². The van der Waals surface area contributed by atoms with Gasteiger partial charge in [-0.3, -0.25) is 4.79 Å². The molecule has 7 heteroatoms. The molecule has 1 amide bonds. The van der Waals surface area contributed by atoms with Crippen LogP contribution < -0.4 is 5.32 Å².